The number of amides is 1. The number of ether oxygens (including phenoxy) is 1. The number of carbonyl (C=O) groups excluding carboxylic acids is 1. The van der Waals surface area contributed by atoms with Crippen LogP contribution in [-0.2, 0) is 11.2 Å². The fraction of sp³-hybridized carbons (Fsp3) is 0.368. The summed E-state index contributed by atoms with van der Waals surface area (Å²) in [6.07, 6.45) is 4.44. The maximum Gasteiger partial charge on any atom is 0.229 e. The highest BCUT2D eigenvalue weighted by Gasteiger charge is 2.31. The molecule has 24 heavy (non-hydrogen) atoms. The number of anilines is 1. The van der Waals surface area contributed by atoms with E-state index >= 15 is 0 Å². The number of piperazine rings is 1. The Labute approximate surface area is 141 Å². The lowest BCUT2D eigenvalue weighted by atomic mass is 9.95. The minimum absolute atomic E-state index is 0.0650. The van der Waals surface area contributed by atoms with E-state index in [2.05, 4.69) is 22.0 Å². The second kappa shape index (κ2) is 6.51. The minimum Gasteiger partial charge on any atom is -0.492 e. The van der Waals surface area contributed by atoms with Crippen LogP contribution in [0.4, 0.5) is 5.69 Å². The van der Waals surface area contributed by atoms with Crippen molar-refractivity contribution in [1.29, 1.82) is 0 Å². The summed E-state index contributed by atoms with van der Waals surface area (Å²) in [6.45, 7) is 3.69. The number of fused-ring (bicyclic) bond motifs is 1. The summed E-state index contributed by atoms with van der Waals surface area (Å²) in [7, 11) is 0. The summed E-state index contributed by atoms with van der Waals surface area (Å²) in [5.74, 6) is 1.07. The van der Waals surface area contributed by atoms with Crippen LogP contribution < -0.4 is 9.64 Å². The number of pyridine rings is 1. The Hall–Kier alpha value is -2.56. The van der Waals surface area contributed by atoms with Gasteiger partial charge in [0, 0.05) is 32.4 Å². The van der Waals surface area contributed by atoms with Crippen molar-refractivity contribution in [2.75, 3.05) is 37.7 Å². The first-order valence-corrected chi connectivity index (χ1v) is 8.46. The van der Waals surface area contributed by atoms with Crippen molar-refractivity contribution in [1.82, 2.24) is 9.88 Å². The van der Waals surface area contributed by atoms with Gasteiger partial charge in [-0.2, -0.15) is 0 Å². The van der Waals surface area contributed by atoms with Crippen LogP contribution in [0.2, 0.25) is 0 Å². The second-order valence-electron chi connectivity index (χ2n) is 6.34. The van der Waals surface area contributed by atoms with Gasteiger partial charge in [-0.1, -0.05) is 18.2 Å². The maximum absolute atomic E-state index is 12.8. The van der Waals surface area contributed by atoms with Crippen molar-refractivity contribution < 1.29 is 9.53 Å². The van der Waals surface area contributed by atoms with E-state index in [1.54, 1.807) is 6.20 Å². The third kappa shape index (κ3) is 2.94. The molecular weight excluding hydrogens is 302 g/mol. The van der Waals surface area contributed by atoms with Crippen LogP contribution in [0.25, 0.3) is 0 Å². The highest BCUT2D eigenvalue weighted by atomic mass is 16.5. The Morgan fingerprint density at radius 1 is 1.08 bits per heavy atom. The molecule has 1 aromatic carbocycles. The van der Waals surface area contributed by atoms with Gasteiger partial charge in [0.05, 0.1) is 17.8 Å². The van der Waals surface area contributed by atoms with E-state index in [1.165, 1.54) is 0 Å². The average molecular weight is 323 g/mol. The Morgan fingerprint density at radius 2 is 1.92 bits per heavy atom. The number of benzene rings is 1. The third-order valence-electron chi connectivity index (χ3n) is 4.83. The molecule has 1 fully saturated rings. The predicted octanol–water partition coefficient (Wildman–Crippen LogP) is 1.98. The highest BCUT2D eigenvalue weighted by molar-refractivity contribution is 5.80. The molecule has 2 aliphatic rings. The highest BCUT2D eigenvalue weighted by Crippen LogP contribution is 2.28. The number of rotatable bonds is 2. The van der Waals surface area contributed by atoms with Crippen LogP contribution in [-0.4, -0.2) is 48.6 Å². The predicted molar refractivity (Wildman–Crippen MR) is 92.2 cm³/mol. The first-order chi connectivity index (χ1) is 11.8. The van der Waals surface area contributed by atoms with Gasteiger partial charge in [-0.3, -0.25) is 9.78 Å². The van der Waals surface area contributed by atoms with Crippen LogP contribution in [0.3, 0.4) is 0 Å². The van der Waals surface area contributed by atoms with Gasteiger partial charge in [-0.15, -0.1) is 0 Å². The summed E-state index contributed by atoms with van der Waals surface area (Å²) < 4.78 is 5.77. The summed E-state index contributed by atoms with van der Waals surface area (Å²) in [5.41, 5.74) is 2.26. The maximum atomic E-state index is 12.8. The Morgan fingerprint density at radius 3 is 2.71 bits per heavy atom. The molecule has 0 radical (unpaired) electrons. The summed E-state index contributed by atoms with van der Waals surface area (Å²) in [4.78, 5) is 21.3. The first kappa shape index (κ1) is 15.0. The van der Waals surface area contributed by atoms with Gasteiger partial charge in [0.2, 0.25) is 5.91 Å². The second-order valence-corrected chi connectivity index (χ2v) is 6.34. The smallest absolute Gasteiger partial charge is 0.229 e. The quantitative estimate of drug-likeness (QED) is 0.848. The minimum atomic E-state index is -0.0650. The topological polar surface area (TPSA) is 45.7 Å². The molecule has 0 N–H and O–H groups in total. The molecule has 4 rings (SSSR count). The Bertz CT molecular complexity index is 712. The SMILES string of the molecule is O=C([C@@H]1COc2ccccc2C1)N1CCN(c2cccnc2)CC1. The first-order valence-electron chi connectivity index (χ1n) is 8.46. The fourth-order valence-electron chi connectivity index (χ4n) is 3.47. The van der Waals surface area contributed by atoms with E-state index in [9.17, 15) is 4.79 Å². The normalized spacial score (nSPS) is 20.2. The molecule has 3 heterocycles. The molecule has 2 aliphatic heterocycles. The molecule has 0 unspecified atom stereocenters. The number of hydrogen-bond donors (Lipinski definition) is 0. The molecular formula is C19H21N3O2. The molecule has 1 atom stereocenters. The summed E-state index contributed by atoms with van der Waals surface area (Å²) in [5, 5.41) is 0. The molecule has 0 bridgehead atoms. The van der Waals surface area contributed by atoms with Crippen molar-refractivity contribution >= 4 is 11.6 Å². The Balaban J connectivity index is 1.37. The van der Waals surface area contributed by atoms with Crippen molar-refractivity contribution in [3.63, 3.8) is 0 Å². The van der Waals surface area contributed by atoms with E-state index in [0.717, 1.165) is 49.6 Å². The molecule has 0 spiro atoms. The van der Waals surface area contributed by atoms with Crippen molar-refractivity contribution in [2.24, 2.45) is 5.92 Å². The summed E-state index contributed by atoms with van der Waals surface area (Å²) >= 11 is 0. The molecule has 1 saturated heterocycles. The zero-order valence-corrected chi connectivity index (χ0v) is 13.6. The number of aromatic nitrogens is 1. The molecule has 1 aromatic heterocycles. The van der Waals surface area contributed by atoms with E-state index < -0.39 is 0 Å². The molecule has 124 valence electrons. The number of nitrogens with zero attached hydrogens (tertiary/aromatic N) is 3. The summed E-state index contributed by atoms with van der Waals surface area (Å²) in [6, 6.07) is 12.0. The molecule has 0 saturated carbocycles. The monoisotopic (exact) mass is 323 g/mol. The zero-order chi connectivity index (χ0) is 16.4. The van der Waals surface area contributed by atoms with E-state index in [4.69, 9.17) is 4.74 Å². The Kier molecular flexibility index (Phi) is 4.07. The number of para-hydroxylation sites is 1. The fourth-order valence-corrected chi connectivity index (χ4v) is 3.47. The zero-order valence-electron chi connectivity index (χ0n) is 13.6. The van der Waals surface area contributed by atoms with Gasteiger partial charge < -0.3 is 14.5 Å². The van der Waals surface area contributed by atoms with E-state index in [0.29, 0.717) is 6.61 Å². The van der Waals surface area contributed by atoms with E-state index in [1.807, 2.05) is 35.4 Å². The molecule has 2 aromatic rings. The van der Waals surface area contributed by atoms with Crippen LogP contribution >= 0.6 is 0 Å². The lowest BCUT2D eigenvalue weighted by Crippen LogP contribution is -2.51. The average Bonchev–Trinajstić information content (AvgIpc) is 2.68. The van der Waals surface area contributed by atoms with Crippen LogP contribution in [0.1, 0.15) is 5.56 Å². The van der Waals surface area contributed by atoms with Crippen molar-refractivity contribution in [2.45, 2.75) is 6.42 Å². The molecule has 5 heteroatoms. The third-order valence-corrected chi connectivity index (χ3v) is 4.83. The molecule has 1 amide bonds. The number of carbonyl (C=O) groups is 1. The van der Waals surface area contributed by atoms with Crippen molar-refractivity contribution in [3.8, 4) is 5.75 Å². The lowest BCUT2D eigenvalue weighted by Gasteiger charge is -2.38. The van der Waals surface area contributed by atoms with Gasteiger partial charge in [0.25, 0.3) is 0 Å². The van der Waals surface area contributed by atoms with Crippen LogP contribution in [0.15, 0.2) is 48.8 Å². The molecule has 0 aliphatic carbocycles. The van der Waals surface area contributed by atoms with E-state index in [-0.39, 0.29) is 11.8 Å². The van der Waals surface area contributed by atoms with Gasteiger partial charge in [-0.25, -0.2) is 0 Å². The van der Waals surface area contributed by atoms with Gasteiger partial charge in [0.15, 0.2) is 0 Å². The van der Waals surface area contributed by atoms with Crippen molar-refractivity contribution in [3.05, 3.63) is 54.4 Å². The van der Waals surface area contributed by atoms with Crippen LogP contribution in [0.5, 0.6) is 5.75 Å². The standard InChI is InChI=1S/C19H21N3O2/c23-19(16-12-15-4-1-2-6-18(15)24-14-16)22-10-8-21(9-11-22)17-5-3-7-20-13-17/h1-7,13,16H,8-12,14H2/t16-/m0/s1. The van der Waals surface area contributed by atoms with Gasteiger partial charge in [0.1, 0.15) is 12.4 Å². The van der Waals surface area contributed by atoms with Gasteiger partial charge >= 0.3 is 0 Å². The largest absolute Gasteiger partial charge is 0.492 e. The lowest BCUT2D eigenvalue weighted by molar-refractivity contribution is -0.137. The van der Waals surface area contributed by atoms with Crippen LogP contribution in [0, 0.1) is 5.92 Å². The number of hydrogen-bond acceptors (Lipinski definition) is 4. The van der Waals surface area contributed by atoms with Gasteiger partial charge in [-0.05, 0) is 30.2 Å². The molecule has 5 nitrogen and oxygen atoms in total.